The van der Waals surface area contributed by atoms with E-state index in [2.05, 4.69) is 0 Å². The standard InChI is InChI=1S/C16H16O6/c17-15(18)11-8-12(16(19)20)10-14(9-11)22-6-2-1-4-13-5-3-7-21-13/h3,5,7-10H,1-2,4,6H2,(H,17,18)(H,19,20). The first kappa shape index (κ1) is 15.6. The number of carboxylic acid groups (broad SMARTS) is 2. The fraction of sp³-hybridized carbons (Fsp3) is 0.250. The minimum absolute atomic E-state index is 0.106. The van der Waals surface area contributed by atoms with Crippen LogP contribution in [0.2, 0.25) is 0 Å². The van der Waals surface area contributed by atoms with Crippen molar-refractivity contribution in [2.24, 2.45) is 0 Å². The Balaban J connectivity index is 1.88. The third kappa shape index (κ3) is 4.37. The van der Waals surface area contributed by atoms with Gasteiger partial charge < -0.3 is 19.4 Å². The normalized spacial score (nSPS) is 10.4. The lowest BCUT2D eigenvalue weighted by Gasteiger charge is -2.08. The monoisotopic (exact) mass is 304 g/mol. The van der Waals surface area contributed by atoms with Crippen LogP contribution in [-0.4, -0.2) is 28.8 Å². The predicted molar refractivity (Wildman–Crippen MR) is 77.5 cm³/mol. The summed E-state index contributed by atoms with van der Waals surface area (Å²) in [6, 6.07) is 7.48. The highest BCUT2D eigenvalue weighted by atomic mass is 16.5. The van der Waals surface area contributed by atoms with E-state index in [-0.39, 0.29) is 16.9 Å². The van der Waals surface area contributed by atoms with Gasteiger partial charge in [-0.2, -0.15) is 0 Å². The second-order valence-electron chi connectivity index (χ2n) is 4.74. The SMILES string of the molecule is O=C(O)c1cc(OCCCCc2ccco2)cc(C(=O)O)c1. The van der Waals surface area contributed by atoms with Crippen molar-refractivity contribution in [3.63, 3.8) is 0 Å². The third-order valence-electron chi connectivity index (χ3n) is 3.07. The van der Waals surface area contributed by atoms with Gasteiger partial charge in [0.05, 0.1) is 24.0 Å². The summed E-state index contributed by atoms with van der Waals surface area (Å²) in [5.74, 6) is -1.23. The zero-order valence-electron chi connectivity index (χ0n) is 11.8. The Morgan fingerprint density at radius 3 is 2.27 bits per heavy atom. The molecule has 0 amide bonds. The van der Waals surface area contributed by atoms with Gasteiger partial charge in [0.2, 0.25) is 0 Å². The number of hydrogen-bond donors (Lipinski definition) is 2. The van der Waals surface area contributed by atoms with E-state index < -0.39 is 11.9 Å². The molecule has 0 saturated heterocycles. The van der Waals surface area contributed by atoms with Crippen LogP contribution in [-0.2, 0) is 6.42 Å². The number of furan rings is 1. The molecule has 2 N–H and O–H groups in total. The van der Waals surface area contributed by atoms with Gasteiger partial charge in [-0.15, -0.1) is 0 Å². The van der Waals surface area contributed by atoms with E-state index in [1.807, 2.05) is 12.1 Å². The van der Waals surface area contributed by atoms with Gasteiger partial charge in [0, 0.05) is 6.42 Å². The van der Waals surface area contributed by atoms with Crippen LogP contribution in [0.1, 0.15) is 39.3 Å². The van der Waals surface area contributed by atoms with Crippen molar-refractivity contribution in [1.82, 2.24) is 0 Å². The van der Waals surface area contributed by atoms with Crippen LogP contribution in [0.4, 0.5) is 0 Å². The number of carboxylic acids is 2. The van der Waals surface area contributed by atoms with Gasteiger partial charge in [-0.3, -0.25) is 0 Å². The van der Waals surface area contributed by atoms with E-state index in [9.17, 15) is 9.59 Å². The summed E-state index contributed by atoms with van der Waals surface area (Å²) in [4.78, 5) is 22.0. The molecule has 0 unspecified atom stereocenters. The maximum absolute atomic E-state index is 11.0. The summed E-state index contributed by atoms with van der Waals surface area (Å²) in [6.07, 6.45) is 4.03. The molecule has 2 rings (SSSR count). The zero-order chi connectivity index (χ0) is 15.9. The van der Waals surface area contributed by atoms with Gasteiger partial charge in [-0.25, -0.2) is 9.59 Å². The average molecular weight is 304 g/mol. The molecule has 1 aromatic heterocycles. The Morgan fingerprint density at radius 1 is 1.05 bits per heavy atom. The predicted octanol–water partition coefficient (Wildman–Crippen LogP) is 3.08. The van der Waals surface area contributed by atoms with E-state index in [1.54, 1.807) is 6.26 Å². The van der Waals surface area contributed by atoms with Crippen molar-refractivity contribution in [3.05, 3.63) is 53.5 Å². The lowest BCUT2D eigenvalue weighted by molar-refractivity contribution is 0.0696. The zero-order valence-corrected chi connectivity index (χ0v) is 11.8. The van der Waals surface area contributed by atoms with E-state index in [1.165, 1.54) is 12.1 Å². The molecule has 0 radical (unpaired) electrons. The van der Waals surface area contributed by atoms with Crippen LogP contribution < -0.4 is 4.74 Å². The number of hydrogen-bond acceptors (Lipinski definition) is 4. The quantitative estimate of drug-likeness (QED) is 0.727. The highest BCUT2D eigenvalue weighted by molar-refractivity contribution is 5.94. The van der Waals surface area contributed by atoms with Crippen molar-refractivity contribution < 1.29 is 29.0 Å². The van der Waals surface area contributed by atoms with Crippen molar-refractivity contribution in [2.45, 2.75) is 19.3 Å². The Hall–Kier alpha value is -2.76. The summed E-state index contributed by atoms with van der Waals surface area (Å²) in [7, 11) is 0. The molecule has 116 valence electrons. The molecule has 0 fully saturated rings. The number of aromatic carboxylic acids is 2. The number of rotatable bonds is 8. The lowest BCUT2D eigenvalue weighted by atomic mass is 10.1. The maximum Gasteiger partial charge on any atom is 0.335 e. The first-order chi connectivity index (χ1) is 10.6. The van der Waals surface area contributed by atoms with Crippen LogP contribution >= 0.6 is 0 Å². The van der Waals surface area contributed by atoms with E-state index in [0.29, 0.717) is 6.61 Å². The summed E-state index contributed by atoms with van der Waals surface area (Å²) < 4.78 is 10.7. The molecule has 0 atom stereocenters. The van der Waals surface area contributed by atoms with Crippen molar-refractivity contribution in [1.29, 1.82) is 0 Å². The van der Waals surface area contributed by atoms with Crippen molar-refractivity contribution >= 4 is 11.9 Å². The topological polar surface area (TPSA) is 97.0 Å². The summed E-state index contributed by atoms with van der Waals surface area (Å²) >= 11 is 0. The highest BCUT2D eigenvalue weighted by Gasteiger charge is 2.12. The lowest BCUT2D eigenvalue weighted by Crippen LogP contribution is -2.05. The Labute approximate surface area is 126 Å². The number of aryl methyl sites for hydroxylation is 1. The van der Waals surface area contributed by atoms with Crippen LogP contribution in [0.25, 0.3) is 0 Å². The van der Waals surface area contributed by atoms with Crippen molar-refractivity contribution in [3.8, 4) is 5.75 Å². The van der Waals surface area contributed by atoms with Gasteiger partial charge in [0.15, 0.2) is 0 Å². The van der Waals surface area contributed by atoms with E-state index in [0.717, 1.165) is 31.1 Å². The second-order valence-corrected chi connectivity index (χ2v) is 4.74. The second kappa shape index (κ2) is 7.31. The van der Waals surface area contributed by atoms with E-state index in [4.69, 9.17) is 19.4 Å². The number of ether oxygens (including phenoxy) is 1. The molecule has 2 aromatic rings. The first-order valence-electron chi connectivity index (χ1n) is 6.83. The fourth-order valence-electron chi connectivity index (χ4n) is 1.98. The molecular formula is C16H16O6. The molecule has 0 spiro atoms. The van der Waals surface area contributed by atoms with E-state index >= 15 is 0 Å². The molecule has 0 bridgehead atoms. The minimum atomic E-state index is -1.19. The van der Waals surface area contributed by atoms with Crippen LogP contribution in [0.5, 0.6) is 5.75 Å². The van der Waals surface area contributed by atoms with Gasteiger partial charge in [0.1, 0.15) is 11.5 Å². The molecular weight excluding hydrogens is 288 g/mol. The Bertz CT molecular complexity index is 612. The molecule has 0 aliphatic rings. The Kier molecular flexibility index (Phi) is 5.19. The Morgan fingerprint density at radius 2 is 1.73 bits per heavy atom. The molecule has 6 nitrogen and oxygen atoms in total. The van der Waals surface area contributed by atoms with Gasteiger partial charge >= 0.3 is 11.9 Å². The average Bonchev–Trinajstić information content (AvgIpc) is 2.99. The maximum atomic E-state index is 11.0. The molecule has 22 heavy (non-hydrogen) atoms. The summed E-state index contributed by atoms with van der Waals surface area (Å²) in [5.41, 5.74) is -0.212. The van der Waals surface area contributed by atoms with Crippen molar-refractivity contribution in [2.75, 3.05) is 6.61 Å². The third-order valence-corrected chi connectivity index (χ3v) is 3.07. The fourth-order valence-corrected chi connectivity index (χ4v) is 1.98. The van der Waals surface area contributed by atoms with Crippen LogP contribution in [0, 0.1) is 0 Å². The summed E-state index contributed by atoms with van der Waals surface area (Å²) in [5, 5.41) is 17.9. The molecule has 6 heteroatoms. The summed E-state index contributed by atoms with van der Waals surface area (Å²) in [6.45, 7) is 0.378. The van der Waals surface area contributed by atoms with Gasteiger partial charge in [-0.1, -0.05) is 0 Å². The van der Waals surface area contributed by atoms with Crippen LogP contribution in [0.3, 0.4) is 0 Å². The number of carbonyl (C=O) groups is 2. The minimum Gasteiger partial charge on any atom is -0.494 e. The van der Waals surface area contributed by atoms with Crippen LogP contribution in [0.15, 0.2) is 41.0 Å². The van der Waals surface area contributed by atoms with Gasteiger partial charge in [0.25, 0.3) is 0 Å². The molecule has 1 heterocycles. The smallest absolute Gasteiger partial charge is 0.335 e. The largest absolute Gasteiger partial charge is 0.494 e. The molecule has 0 aliphatic carbocycles. The highest BCUT2D eigenvalue weighted by Crippen LogP contribution is 2.18. The molecule has 0 aliphatic heterocycles. The van der Waals surface area contributed by atoms with Gasteiger partial charge in [-0.05, 0) is 43.2 Å². The number of unbranched alkanes of at least 4 members (excludes halogenated alkanes) is 1. The molecule has 0 saturated carbocycles. The molecule has 1 aromatic carbocycles. The first-order valence-corrected chi connectivity index (χ1v) is 6.83. The number of benzene rings is 1.